The van der Waals surface area contributed by atoms with Gasteiger partial charge in [-0.05, 0) is 17.2 Å². The number of aliphatic hydroxyl groups is 1. The molecule has 1 rings (SSSR count). The number of nitrogens with one attached hydrogen (secondary N) is 2. The zero-order chi connectivity index (χ0) is 9.68. The Morgan fingerprint density at radius 1 is 1.46 bits per heavy atom. The molecule has 68 valence electrons. The quantitative estimate of drug-likeness (QED) is 0.597. The summed E-state index contributed by atoms with van der Waals surface area (Å²) in [4.78, 5) is 0. The molecule has 3 N–H and O–H groups in total. The van der Waals surface area contributed by atoms with Gasteiger partial charge in [-0.2, -0.15) is 0 Å². The number of aliphatic hydroxyl groups excluding tert-OH is 1. The third-order valence-electron chi connectivity index (χ3n) is 1.76. The summed E-state index contributed by atoms with van der Waals surface area (Å²) in [5, 5.41) is 23.2. The molecule has 0 unspecified atom stereocenters. The van der Waals surface area contributed by atoms with Crippen LogP contribution in [0.15, 0.2) is 24.3 Å². The molecule has 0 fully saturated rings. The summed E-state index contributed by atoms with van der Waals surface area (Å²) in [6, 6.07) is 7.19. The lowest BCUT2D eigenvalue weighted by molar-refractivity contribution is 0.307. The van der Waals surface area contributed by atoms with Gasteiger partial charge in [0, 0.05) is 25.0 Å². The summed E-state index contributed by atoms with van der Waals surface area (Å²) in [6.45, 7) is -0.00630. The van der Waals surface area contributed by atoms with Gasteiger partial charge in [-0.25, -0.2) is 0 Å². The number of hydrogen-bond acceptors (Lipinski definition) is 3. The fraction of sp³-hybridized carbons (Fsp3) is 0.200. The van der Waals surface area contributed by atoms with Gasteiger partial charge >= 0.3 is 0 Å². The third-order valence-corrected chi connectivity index (χ3v) is 1.76. The Balaban J connectivity index is 2.88. The second-order valence-corrected chi connectivity index (χ2v) is 2.72. The average Bonchev–Trinajstić information content (AvgIpc) is 2.18. The predicted octanol–water partition coefficient (Wildman–Crippen LogP) is 1.43. The predicted molar refractivity (Wildman–Crippen MR) is 52.9 cm³/mol. The van der Waals surface area contributed by atoms with E-state index in [0.29, 0.717) is 12.1 Å². The van der Waals surface area contributed by atoms with Crippen LogP contribution in [0.25, 0.3) is 0 Å². The van der Waals surface area contributed by atoms with E-state index in [1.165, 1.54) is 6.21 Å². The van der Waals surface area contributed by atoms with Crippen molar-refractivity contribution in [2.75, 3.05) is 6.61 Å². The Hall–Kier alpha value is -1.48. The van der Waals surface area contributed by atoms with Crippen molar-refractivity contribution >= 4 is 11.9 Å². The first kappa shape index (κ1) is 9.61. The van der Waals surface area contributed by atoms with E-state index in [0.717, 1.165) is 11.1 Å². The molecule has 0 aromatic heterocycles. The van der Waals surface area contributed by atoms with Crippen molar-refractivity contribution in [3.8, 4) is 0 Å². The Kier molecular flexibility index (Phi) is 3.34. The van der Waals surface area contributed by atoms with Crippen LogP contribution in [0.2, 0.25) is 0 Å². The van der Waals surface area contributed by atoms with Gasteiger partial charge in [0.25, 0.3) is 0 Å². The van der Waals surface area contributed by atoms with E-state index < -0.39 is 0 Å². The number of rotatable bonds is 4. The minimum Gasteiger partial charge on any atom is -0.396 e. The maximum absolute atomic E-state index is 8.64. The second-order valence-electron chi connectivity index (χ2n) is 2.72. The fourth-order valence-corrected chi connectivity index (χ4v) is 1.07. The first-order valence-corrected chi connectivity index (χ1v) is 4.07. The highest BCUT2D eigenvalue weighted by Gasteiger charge is 2.00. The van der Waals surface area contributed by atoms with Crippen LogP contribution in [0.3, 0.4) is 0 Å². The van der Waals surface area contributed by atoms with Gasteiger partial charge in [0.15, 0.2) is 0 Å². The van der Waals surface area contributed by atoms with Crippen LogP contribution in [0.5, 0.6) is 0 Å². The fourth-order valence-electron chi connectivity index (χ4n) is 1.07. The molecule has 0 aliphatic heterocycles. The molecule has 0 bridgehead atoms. The van der Waals surface area contributed by atoms with Crippen molar-refractivity contribution < 1.29 is 5.11 Å². The van der Waals surface area contributed by atoms with E-state index in [1.807, 2.05) is 18.2 Å². The van der Waals surface area contributed by atoms with Crippen molar-refractivity contribution in [3.63, 3.8) is 0 Å². The van der Waals surface area contributed by atoms with Crippen LogP contribution in [-0.2, 0) is 0 Å². The minimum absolute atomic E-state index is 0.00630. The van der Waals surface area contributed by atoms with Gasteiger partial charge < -0.3 is 15.9 Å². The molecule has 13 heavy (non-hydrogen) atoms. The molecule has 1 aromatic rings. The first-order chi connectivity index (χ1) is 6.27. The van der Waals surface area contributed by atoms with Gasteiger partial charge in [0.05, 0.1) is 0 Å². The van der Waals surface area contributed by atoms with Crippen molar-refractivity contribution in [2.45, 2.75) is 6.42 Å². The normalized spacial score (nSPS) is 9.62. The molecule has 0 amide bonds. The second kappa shape index (κ2) is 4.52. The lowest BCUT2D eigenvalue weighted by Gasteiger charge is -2.02. The molecule has 0 spiro atoms. The van der Waals surface area contributed by atoms with Crippen molar-refractivity contribution in [2.24, 2.45) is 0 Å². The molecule has 3 heteroatoms. The van der Waals surface area contributed by atoms with Gasteiger partial charge in [-0.15, -0.1) is 0 Å². The van der Waals surface area contributed by atoms with Gasteiger partial charge in [0.1, 0.15) is 0 Å². The van der Waals surface area contributed by atoms with Crippen molar-refractivity contribution in [1.29, 1.82) is 10.8 Å². The molecule has 0 aliphatic rings. The molecule has 1 aromatic carbocycles. The Morgan fingerprint density at radius 2 is 2.23 bits per heavy atom. The number of benzene rings is 1. The maximum atomic E-state index is 8.64. The van der Waals surface area contributed by atoms with E-state index in [2.05, 4.69) is 0 Å². The van der Waals surface area contributed by atoms with Crippen LogP contribution in [0, 0.1) is 10.8 Å². The standard InChI is InChI=1S/C10H12N2O/c11-7-8-2-1-3-9(6-8)10(12)4-5-13/h1-3,6-7,11-13H,4-5H2. The van der Waals surface area contributed by atoms with Crippen LogP contribution in [0.4, 0.5) is 0 Å². The summed E-state index contributed by atoms with van der Waals surface area (Å²) in [7, 11) is 0. The summed E-state index contributed by atoms with van der Waals surface area (Å²) in [5.41, 5.74) is 1.96. The Morgan fingerprint density at radius 3 is 2.85 bits per heavy atom. The molecule has 0 atom stereocenters. The van der Waals surface area contributed by atoms with Gasteiger partial charge in [0.2, 0.25) is 0 Å². The van der Waals surface area contributed by atoms with E-state index in [-0.39, 0.29) is 6.61 Å². The monoisotopic (exact) mass is 176 g/mol. The van der Waals surface area contributed by atoms with E-state index in [9.17, 15) is 0 Å². The molecule has 0 aliphatic carbocycles. The summed E-state index contributed by atoms with van der Waals surface area (Å²) in [6.07, 6.45) is 1.61. The van der Waals surface area contributed by atoms with E-state index in [1.54, 1.807) is 6.07 Å². The highest BCUT2D eigenvalue weighted by Crippen LogP contribution is 2.05. The van der Waals surface area contributed by atoms with Crippen LogP contribution in [0.1, 0.15) is 17.5 Å². The Labute approximate surface area is 77.1 Å². The molecular formula is C10H12N2O. The largest absolute Gasteiger partial charge is 0.396 e. The van der Waals surface area contributed by atoms with Gasteiger partial charge in [-0.3, -0.25) is 0 Å². The van der Waals surface area contributed by atoms with Crippen LogP contribution >= 0.6 is 0 Å². The number of hydrogen-bond donors (Lipinski definition) is 3. The molecule has 3 nitrogen and oxygen atoms in total. The molecular weight excluding hydrogens is 164 g/mol. The van der Waals surface area contributed by atoms with E-state index in [4.69, 9.17) is 15.9 Å². The third kappa shape index (κ3) is 2.49. The lowest BCUT2D eigenvalue weighted by atomic mass is 10.1. The molecule has 0 heterocycles. The molecule has 0 saturated carbocycles. The topological polar surface area (TPSA) is 67.9 Å². The first-order valence-electron chi connectivity index (χ1n) is 4.07. The summed E-state index contributed by atoms with van der Waals surface area (Å²) < 4.78 is 0. The minimum atomic E-state index is -0.00630. The average molecular weight is 176 g/mol. The smallest absolute Gasteiger partial charge is 0.0486 e. The van der Waals surface area contributed by atoms with Crippen molar-refractivity contribution in [3.05, 3.63) is 35.4 Å². The SMILES string of the molecule is N=Cc1cccc(C(=N)CCO)c1. The van der Waals surface area contributed by atoms with Crippen LogP contribution < -0.4 is 0 Å². The highest BCUT2D eigenvalue weighted by atomic mass is 16.3. The zero-order valence-corrected chi connectivity index (χ0v) is 7.25. The van der Waals surface area contributed by atoms with Gasteiger partial charge in [-0.1, -0.05) is 18.2 Å². The summed E-state index contributed by atoms with van der Waals surface area (Å²) >= 11 is 0. The molecule has 0 saturated heterocycles. The summed E-state index contributed by atoms with van der Waals surface area (Å²) in [5.74, 6) is 0. The van der Waals surface area contributed by atoms with E-state index >= 15 is 0 Å². The Bertz CT molecular complexity index is 320. The van der Waals surface area contributed by atoms with Crippen LogP contribution in [-0.4, -0.2) is 23.6 Å². The maximum Gasteiger partial charge on any atom is 0.0486 e. The zero-order valence-electron chi connectivity index (χ0n) is 7.25. The van der Waals surface area contributed by atoms with Crippen molar-refractivity contribution in [1.82, 2.24) is 0 Å². The highest BCUT2D eigenvalue weighted by molar-refractivity contribution is 5.99. The lowest BCUT2D eigenvalue weighted by Crippen LogP contribution is -2.02. The molecule has 0 radical (unpaired) electrons.